The average molecular weight is 278 g/mol. The molecular weight excluding hydrogens is 264 g/mol. The lowest BCUT2D eigenvalue weighted by molar-refractivity contribution is -0.119. The van der Waals surface area contributed by atoms with Crippen LogP contribution in [0.1, 0.15) is 11.1 Å². The molecule has 104 valence electrons. The van der Waals surface area contributed by atoms with E-state index in [1.807, 2.05) is 60.7 Å². The number of carbonyl (C=O) groups excluding carboxylic acids is 2. The van der Waals surface area contributed by atoms with Crippen molar-refractivity contribution in [1.82, 2.24) is 10.6 Å². The molecule has 0 spiro atoms. The second-order valence-corrected chi connectivity index (χ2v) is 4.75. The van der Waals surface area contributed by atoms with Crippen molar-refractivity contribution >= 4 is 17.5 Å². The Morgan fingerprint density at radius 3 is 1.81 bits per heavy atom. The summed E-state index contributed by atoms with van der Waals surface area (Å²) in [6, 6.07) is 18.5. The van der Waals surface area contributed by atoms with Crippen molar-refractivity contribution in [3.8, 4) is 0 Å². The maximum Gasteiger partial charge on any atom is 0.322 e. The van der Waals surface area contributed by atoms with E-state index in [-0.39, 0.29) is 5.91 Å². The molecule has 0 saturated carbocycles. The number of rotatable bonds is 3. The molecule has 2 N–H and O–H groups in total. The van der Waals surface area contributed by atoms with Gasteiger partial charge >= 0.3 is 6.03 Å². The quantitative estimate of drug-likeness (QED) is 0.847. The molecule has 0 aromatic heterocycles. The van der Waals surface area contributed by atoms with Crippen LogP contribution in [0.5, 0.6) is 0 Å². The standard InChI is InChI=1S/C17H14N2O2/c20-16-15(18-17(21)19-16)11-14(12-7-3-1-4-8-12)13-9-5-2-6-10-13/h1-11,15H,(H2,18,19,20,21). The third-order valence-electron chi connectivity index (χ3n) is 3.31. The van der Waals surface area contributed by atoms with Crippen molar-refractivity contribution in [2.75, 3.05) is 0 Å². The van der Waals surface area contributed by atoms with E-state index in [1.165, 1.54) is 0 Å². The van der Waals surface area contributed by atoms with Crippen LogP contribution in [0.3, 0.4) is 0 Å². The third-order valence-corrected chi connectivity index (χ3v) is 3.31. The number of nitrogens with one attached hydrogen (secondary N) is 2. The van der Waals surface area contributed by atoms with E-state index in [4.69, 9.17) is 0 Å². The van der Waals surface area contributed by atoms with Gasteiger partial charge in [-0.2, -0.15) is 0 Å². The lowest BCUT2D eigenvalue weighted by atomic mass is 9.96. The van der Waals surface area contributed by atoms with Crippen LogP contribution < -0.4 is 10.6 Å². The molecule has 1 fully saturated rings. The minimum absolute atomic E-state index is 0.329. The normalized spacial score (nSPS) is 17.0. The van der Waals surface area contributed by atoms with Gasteiger partial charge in [0.25, 0.3) is 5.91 Å². The summed E-state index contributed by atoms with van der Waals surface area (Å²) in [6.45, 7) is 0. The van der Waals surface area contributed by atoms with Crippen LogP contribution in [0.25, 0.3) is 5.57 Å². The van der Waals surface area contributed by atoms with Gasteiger partial charge in [-0.15, -0.1) is 0 Å². The van der Waals surface area contributed by atoms with Gasteiger partial charge in [0.05, 0.1) is 0 Å². The van der Waals surface area contributed by atoms with E-state index in [9.17, 15) is 9.59 Å². The third kappa shape index (κ3) is 2.84. The predicted molar refractivity (Wildman–Crippen MR) is 80.4 cm³/mol. The molecule has 1 aliphatic heterocycles. The minimum Gasteiger partial charge on any atom is -0.322 e. The van der Waals surface area contributed by atoms with E-state index in [0.717, 1.165) is 16.7 Å². The Hall–Kier alpha value is -2.88. The highest BCUT2D eigenvalue weighted by Gasteiger charge is 2.28. The average Bonchev–Trinajstić information content (AvgIpc) is 2.84. The van der Waals surface area contributed by atoms with E-state index < -0.39 is 12.1 Å². The minimum atomic E-state index is -0.645. The summed E-state index contributed by atoms with van der Waals surface area (Å²) in [5, 5.41) is 4.84. The van der Waals surface area contributed by atoms with Crippen LogP contribution in [0.2, 0.25) is 0 Å². The summed E-state index contributed by atoms with van der Waals surface area (Å²) in [5.41, 5.74) is 2.91. The van der Waals surface area contributed by atoms with Gasteiger partial charge in [0, 0.05) is 0 Å². The second-order valence-electron chi connectivity index (χ2n) is 4.75. The number of benzene rings is 2. The summed E-state index contributed by atoms with van der Waals surface area (Å²) < 4.78 is 0. The zero-order chi connectivity index (χ0) is 14.7. The molecule has 1 unspecified atom stereocenters. The van der Waals surface area contributed by atoms with Crippen molar-refractivity contribution < 1.29 is 9.59 Å². The van der Waals surface area contributed by atoms with E-state index >= 15 is 0 Å². The molecule has 0 aliphatic carbocycles. The van der Waals surface area contributed by atoms with Crippen molar-refractivity contribution in [1.29, 1.82) is 0 Å². The maximum atomic E-state index is 11.7. The Labute approximate surface area is 122 Å². The molecule has 2 aromatic rings. The Bertz CT molecular complexity index is 652. The smallest absolute Gasteiger partial charge is 0.322 e. The summed E-state index contributed by atoms with van der Waals surface area (Å²) in [4.78, 5) is 23.0. The van der Waals surface area contributed by atoms with Gasteiger partial charge in [0.1, 0.15) is 6.04 Å². The Morgan fingerprint density at radius 2 is 1.38 bits per heavy atom. The van der Waals surface area contributed by atoms with Gasteiger partial charge in [-0.3, -0.25) is 10.1 Å². The largest absolute Gasteiger partial charge is 0.322 e. The van der Waals surface area contributed by atoms with E-state index in [2.05, 4.69) is 10.6 Å². The first kappa shape index (κ1) is 13.1. The van der Waals surface area contributed by atoms with Crippen molar-refractivity contribution in [3.05, 3.63) is 77.9 Å². The number of hydrogen-bond acceptors (Lipinski definition) is 2. The number of amides is 3. The first-order valence-electron chi connectivity index (χ1n) is 6.68. The Morgan fingerprint density at radius 1 is 0.857 bits per heavy atom. The molecule has 3 amide bonds. The molecule has 1 atom stereocenters. The molecule has 0 radical (unpaired) electrons. The predicted octanol–water partition coefficient (Wildman–Crippen LogP) is 2.33. The molecule has 21 heavy (non-hydrogen) atoms. The molecule has 3 rings (SSSR count). The molecule has 4 nitrogen and oxygen atoms in total. The van der Waals surface area contributed by atoms with Gasteiger partial charge < -0.3 is 5.32 Å². The van der Waals surface area contributed by atoms with Crippen LogP contribution in [-0.2, 0) is 4.79 Å². The fourth-order valence-electron chi connectivity index (χ4n) is 2.31. The second kappa shape index (κ2) is 5.63. The van der Waals surface area contributed by atoms with Crippen LogP contribution in [0.15, 0.2) is 66.7 Å². The van der Waals surface area contributed by atoms with Gasteiger partial charge in [0.15, 0.2) is 0 Å². The first-order chi connectivity index (χ1) is 10.2. The Balaban J connectivity index is 2.05. The molecule has 0 bridgehead atoms. The summed E-state index contributed by atoms with van der Waals surface area (Å²) in [5.74, 6) is -0.329. The lowest BCUT2D eigenvalue weighted by Crippen LogP contribution is -2.26. The Kier molecular flexibility index (Phi) is 3.51. The SMILES string of the molecule is O=C1NC(=O)C(C=C(c2ccccc2)c2ccccc2)N1. The molecule has 2 aromatic carbocycles. The summed E-state index contributed by atoms with van der Waals surface area (Å²) in [6.07, 6.45) is 1.78. The van der Waals surface area contributed by atoms with Gasteiger partial charge in [-0.25, -0.2) is 4.79 Å². The number of carbonyl (C=O) groups is 2. The maximum absolute atomic E-state index is 11.7. The van der Waals surface area contributed by atoms with E-state index in [0.29, 0.717) is 0 Å². The van der Waals surface area contributed by atoms with Crippen LogP contribution in [-0.4, -0.2) is 18.0 Å². The summed E-state index contributed by atoms with van der Waals surface area (Å²) in [7, 11) is 0. The molecule has 4 heteroatoms. The molecule has 1 saturated heterocycles. The fourth-order valence-corrected chi connectivity index (χ4v) is 2.31. The monoisotopic (exact) mass is 278 g/mol. The topological polar surface area (TPSA) is 58.2 Å². The molecular formula is C17H14N2O2. The van der Waals surface area contributed by atoms with Gasteiger partial charge in [-0.1, -0.05) is 60.7 Å². The highest BCUT2D eigenvalue weighted by atomic mass is 16.2. The van der Waals surface area contributed by atoms with Crippen LogP contribution >= 0.6 is 0 Å². The fraction of sp³-hybridized carbons (Fsp3) is 0.0588. The van der Waals surface area contributed by atoms with Gasteiger partial charge in [-0.05, 0) is 22.8 Å². The van der Waals surface area contributed by atoms with Gasteiger partial charge in [0.2, 0.25) is 0 Å². The van der Waals surface area contributed by atoms with Crippen molar-refractivity contribution in [2.24, 2.45) is 0 Å². The molecule has 1 aliphatic rings. The van der Waals surface area contributed by atoms with Crippen LogP contribution in [0, 0.1) is 0 Å². The lowest BCUT2D eigenvalue weighted by Gasteiger charge is -2.10. The number of hydrogen-bond donors (Lipinski definition) is 2. The molecule has 1 heterocycles. The first-order valence-corrected chi connectivity index (χ1v) is 6.68. The highest BCUT2D eigenvalue weighted by Crippen LogP contribution is 2.24. The zero-order valence-electron chi connectivity index (χ0n) is 11.2. The zero-order valence-corrected chi connectivity index (χ0v) is 11.2. The number of imide groups is 1. The van der Waals surface area contributed by atoms with E-state index in [1.54, 1.807) is 6.08 Å². The summed E-state index contributed by atoms with van der Waals surface area (Å²) >= 11 is 0. The highest BCUT2D eigenvalue weighted by molar-refractivity contribution is 6.06. The van der Waals surface area contributed by atoms with Crippen molar-refractivity contribution in [2.45, 2.75) is 6.04 Å². The number of urea groups is 1. The van der Waals surface area contributed by atoms with Crippen LogP contribution in [0.4, 0.5) is 4.79 Å². The van der Waals surface area contributed by atoms with Crippen molar-refractivity contribution in [3.63, 3.8) is 0 Å².